The Morgan fingerprint density at radius 2 is 2.17 bits per heavy atom. The Hall–Kier alpha value is -1.75. The van der Waals surface area contributed by atoms with E-state index in [1.165, 1.54) is 0 Å². The third kappa shape index (κ3) is 2.13. The lowest BCUT2D eigenvalue weighted by atomic mass is 10.0. The summed E-state index contributed by atoms with van der Waals surface area (Å²) < 4.78 is 0. The van der Waals surface area contributed by atoms with Crippen molar-refractivity contribution in [2.75, 3.05) is 13.1 Å². The number of H-pyrrole nitrogens is 1. The molecule has 1 aliphatic heterocycles. The van der Waals surface area contributed by atoms with E-state index in [2.05, 4.69) is 31.3 Å². The average Bonchev–Trinajstić information content (AvgIpc) is 2.98. The molecular weight excluding hydrogens is 226 g/mol. The van der Waals surface area contributed by atoms with Crippen molar-refractivity contribution < 1.29 is 0 Å². The van der Waals surface area contributed by atoms with Gasteiger partial charge in [-0.05, 0) is 32.9 Å². The SMILES string of the molecule is Cc1nc(-c2ncc(C)[nH]2)cc(C2CCNC2)n1. The highest BCUT2D eigenvalue weighted by atomic mass is 15.0. The summed E-state index contributed by atoms with van der Waals surface area (Å²) in [4.78, 5) is 16.6. The van der Waals surface area contributed by atoms with Crippen molar-refractivity contribution in [2.45, 2.75) is 26.2 Å². The van der Waals surface area contributed by atoms with E-state index in [4.69, 9.17) is 0 Å². The molecule has 1 aliphatic rings. The van der Waals surface area contributed by atoms with Crippen LogP contribution in [0, 0.1) is 13.8 Å². The Kier molecular flexibility index (Phi) is 2.83. The van der Waals surface area contributed by atoms with Gasteiger partial charge in [0.1, 0.15) is 11.5 Å². The van der Waals surface area contributed by atoms with Gasteiger partial charge in [0.25, 0.3) is 0 Å². The highest BCUT2D eigenvalue weighted by molar-refractivity contribution is 5.50. The zero-order valence-corrected chi connectivity index (χ0v) is 10.7. The van der Waals surface area contributed by atoms with Gasteiger partial charge in [0.2, 0.25) is 0 Å². The van der Waals surface area contributed by atoms with Crippen molar-refractivity contribution in [3.8, 4) is 11.5 Å². The molecule has 2 aromatic heterocycles. The van der Waals surface area contributed by atoms with E-state index in [1.807, 2.05) is 20.0 Å². The molecule has 1 unspecified atom stereocenters. The molecule has 0 saturated carbocycles. The summed E-state index contributed by atoms with van der Waals surface area (Å²) >= 11 is 0. The molecule has 0 amide bonds. The molecule has 2 N–H and O–H groups in total. The number of rotatable bonds is 2. The maximum Gasteiger partial charge on any atom is 0.156 e. The molecule has 1 atom stereocenters. The highest BCUT2D eigenvalue weighted by Gasteiger charge is 2.19. The lowest BCUT2D eigenvalue weighted by Gasteiger charge is -2.09. The predicted molar refractivity (Wildman–Crippen MR) is 69.3 cm³/mol. The minimum atomic E-state index is 0.501. The summed E-state index contributed by atoms with van der Waals surface area (Å²) in [7, 11) is 0. The zero-order valence-electron chi connectivity index (χ0n) is 10.7. The quantitative estimate of drug-likeness (QED) is 0.840. The van der Waals surface area contributed by atoms with Gasteiger partial charge in [-0.25, -0.2) is 15.0 Å². The third-order valence-electron chi connectivity index (χ3n) is 3.28. The van der Waals surface area contributed by atoms with Crippen LogP contribution >= 0.6 is 0 Å². The molecular formula is C13H17N5. The Labute approximate surface area is 106 Å². The molecule has 2 aromatic rings. The first-order chi connectivity index (χ1) is 8.72. The minimum Gasteiger partial charge on any atom is -0.341 e. The van der Waals surface area contributed by atoms with Crippen LogP contribution in [0.1, 0.15) is 29.6 Å². The second-order valence-electron chi connectivity index (χ2n) is 4.83. The second-order valence-corrected chi connectivity index (χ2v) is 4.83. The Balaban J connectivity index is 1.99. The molecule has 94 valence electrons. The number of aromatic nitrogens is 4. The van der Waals surface area contributed by atoms with Gasteiger partial charge in [0.05, 0.1) is 0 Å². The number of aromatic amines is 1. The first-order valence-corrected chi connectivity index (χ1v) is 6.30. The van der Waals surface area contributed by atoms with Crippen LogP contribution in [0.2, 0.25) is 0 Å². The van der Waals surface area contributed by atoms with Gasteiger partial charge in [-0.15, -0.1) is 0 Å². The molecule has 1 saturated heterocycles. The third-order valence-corrected chi connectivity index (χ3v) is 3.28. The van der Waals surface area contributed by atoms with Crippen LogP contribution in [0.25, 0.3) is 11.5 Å². The number of nitrogens with zero attached hydrogens (tertiary/aromatic N) is 3. The van der Waals surface area contributed by atoms with Gasteiger partial charge < -0.3 is 10.3 Å². The lowest BCUT2D eigenvalue weighted by Crippen LogP contribution is -2.10. The summed E-state index contributed by atoms with van der Waals surface area (Å²) in [6.45, 7) is 6.01. The monoisotopic (exact) mass is 243 g/mol. The van der Waals surface area contributed by atoms with Crippen molar-refractivity contribution in [1.29, 1.82) is 0 Å². The van der Waals surface area contributed by atoms with E-state index in [9.17, 15) is 0 Å². The largest absolute Gasteiger partial charge is 0.341 e. The molecule has 0 aromatic carbocycles. The van der Waals surface area contributed by atoms with E-state index in [0.29, 0.717) is 5.92 Å². The second kappa shape index (κ2) is 4.49. The number of imidazole rings is 1. The Morgan fingerprint density at radius 3 is 2.83 bits per heavy atom. The van der Waals surface area contributed by atoms with E-state index in [1.54, 1.807) is 0 Å². The summed E-state index contributed by atoms with van der Waals surface area (Å²) in [5.74, 6) is 2.13. The Bertz CT molecular complexity index is 554. The molecule has 3 rings (SSSR count). The van der Waals surface area contributed by atoms with Crippen LogP contribution < -0.4 is 5.32 Å². The van der Waals surface area contributed by atoms with Crippen molar-refractivity contribution in [3.05, 3.63) is 29.5 Å². The molecule has 5 nitrogen and oxygen atoms in total. The predicted octanol–water partition coefficient (Wildman–Crippen LogP) is 1.56. The first-order valence-electron chi connectivity index (χ1n) is 6.30. The fourth-order valence-electron chi connectivity index (χ4n) is 2.37. The minimum absolute atomic E-state index is 0.501. The summed E-state index contributed by atoms with van der Waals surface area (Å²) in [5, 5.41) is 3.37. The van der Waals surface area contributed by atoms with Gasteiger partial charge in [0.15, 0.2) is 5.82 Å². The van der Waals surface area contributed by atoms with E-state index >= 15 is 0 Å². The number of aryl methyl sites for hydroxylation is 2. The molecule has 1 fully saturated rings. The van der Waals surface area contributed by atoms with E-state index in [-0.39, 0.29) is 0 Å². The Morgan fingerprint density at radius 1 is 1.28 bits per heavy atom. The van der Waals surface area contributed by atoms with Gasteiger partial charge in [-0.2, -0.15) is 0 Å². The molecule has 0 radical (unpaired) electrons. The fourth-order valence-corrected chi connectivity index (χ4v) is 2.37. The van der Waals surface area contributed by atoms with Crippen LogP contribution in [0.3, 0.4) is 0 Å². The van der Waals surface area contributed by atoms with Crippen LogP contribution in [0.5, 0.6) is 0 Å². The van der Waals surface area contributed by atoms with E-state index < -0.39 is 0 Å². The molecule has 0 bridgehead atoms. The zero-order chi connectivity index (χ0) is 12.5. The van der Waals surface area contributed by atoms with Gasteiger partial charge in [-0.3, -0.25) is 0 Å². The van der Waals surface area contributed by atoms with Gasteiger partial charge in [0, 0.05) is 30.0 Å². The van der Waals surface area contributed by atoms with Crippen molar-refractivity contribution in [3.63, 3.8) is 0 Å². The number of nitrogens with one attached hydrogen (secondary N) is 2. The summed E-state index contributed by atoms with van der Waals surface area (Å²) in [5.41, 5.74) is 3.06. The number of hydrogen-bond donors (Lipinski definition) is 2. The fraction of sp³-hybridized carbons (Fsp3) is 0.462. The van der Waals surface area contributed by atoms with Crippen LogP contribution in [0.4, 0.5) is 0 Å². The topological polar surface area (TPSA) is 66.5 Å². The normalized spacial score (nSPS) is 19.3. The molecule has 5 heteroatoms. The molecule has 0 spiro atoms. The lowest BCUT2D eigenvalue weighted by molar-refractivity contribution is 0.725. The van der Waals surface area contributed by atoms with Crippen LogP contribution in [0.15, 0.2) is 12.3 Å². The van der Waals surface area contributed by atoms with Crippen LogP contribution in [-0.2, 0) is 0 Å². The smallest absolute Gasteiger partial charge is 0.156 e. The van der Waals surface area contributed by atoms with Gasteiger partial charge in [-0.1, -0.05) is 0 Å². The average molecular weight is 243 g/mol. The summed E-state index contributed by atoms with van der Waals surface area (Å²) in [6.07, 6.45) is 2.97. The van der Waals surface area contributed by atoms with Crippen molar-refractivity contribution in [1.82, 2.24) is 25.3 Å². The van der Waals surface area contributed by atoms with E-state index in [0.717, 1.165) is 48.2 Å². The summed E-state index contributed by atoms with van der Waals surface area (Å²) in [6, 6.07) is 2.06. The molecule has 0 aliphatic carbocycles. The number of hydrogen-bond acceptors (Lipinski definition) is 4. The van der Waals surface area contributed by atoms with Crippen molar-refractivity contribution >= 4 is 0 Å². The molecule has 18 heavy (non-hydrogen) atoms. The standard InChI is InChI=1S/C13H17N5/c1-8-6-15-13(16-8)12-5-11(17-9(2)18-12)10-3-4-14-7-10/h5-6,10,14H,3-4,7H2,1-2H3,(H,15,16). The highest BCUT2D eigenvalue weighted by Crippen LogP contribution is 2.23. The van der Waals surface area contributed by atoms with Gasteiger partial charge >= 0.3 is 0 Å². The first kappa shape index (κ1) is 11.3. The van der Waals surface area contributed by atoms with Crippen LogP contribution in [-0.4, -0.2) is 33.0 Å². The maximum atomic E-state index is 4.56. The van der Waals surface area contributed by atoms with Crippen molar-refractivity contribution in [2.24, 2.45) is 0 Å². The molecule has 3 heterocycles. The maximum absolute atomic E-state index is 4.56.